The van der Waals surface area contributed by atoms with Gasteiger partial charge in [-0.3, -0.25) is 19.3 Å². The molecule has 2 bridgehead atoms. The third-order valence-electron chi connectivity index (χ3n) is 6.21. The molecule has 8 nitrogen and oxygen atoms in total. The van der Waals surface area contributed by atoms with Crippen LogP contribution in [0.1, 0.15) is 34.1 Å². The Labute approximate surface area is 189 Å². The van der Waals surface area contributed by atoms with Crippen molar-refractivity contribution >= 4 is 57.4 Å². The van der Waals surface area contributed by atoms with Crippen molar-refractivity contribution in [3.05, 3.63) is 28.2 Å². The van der Waals surface area contributed by atoms with Crippen molar-refractivity contribution in [3.8, 4) is 0 Å². The normalized spacial score (nSPS) is 25.7. The van der Waals surface area contributed by atoms with Crippen LogP contribution in [0.15, 0.2) is 12.2 Å². The lowest BCUT2D eigenvalue weighted by Crippen LogP contribution is -2.44. The van der Waals surface area contributed by atoms with E-state index in [4.69, 9.17) is 17.0 Å². The molecular weight excluding hydrogens is 438 g/mol. The number of fused-ring (bicyclic) bond motifs is 5. The zero-order chi connectivity index (χ0) is 22.4. The molecule has 0 radical (unpaired) electrons. The van der Waals surface area contributed by atoms with E-state index >= 15 is 0 Å². The molecule has 3 aliphatic rings. The minimum atomic E-state index is -0.567. The first-order chi connectivity index (χ1) is 14.7. The predicted octanol–water partition coefficient (Wildman–Crippen LogP) is 2.16. The number of thiophene rings is 1. The largest absolute Gasteiger partial charge is 0.462 e. The number of allylic oxidation sites excluding steroid dienone is 2. The smallest absolute Gasteiger partial charge is 0.341 e. The van der Waals surface area contributed by atoms with Crippen molar-refractivity contribution in [2.45, 2.75) is 27.2 Å². The Morgan fingerprint density at radius 3 is 2.39 bits per heavy atom. The highest BCUT2D eigenvalue weighted by Crippen LogP contribution is 2.52. The molecule has 2 N–H and O–H groups in total. The summed E-state index contributed by atoms with van der Waals surface area (Å²) in [5.41, 5.74) is 1.16. The molecule has 2 heterocycles. The summed E-state index contributed by atoms with van der Waals surface area (Å²) in [4.78, 5) is 52.2. The molecule has 10 heteroatoms. The predicted molar refractivity (Wildman–Crippen MR) is 119 cm³/mol. The summed E-state index contributed by atoms with van der Waals surface area (Å²) in [5, 5.41) is 5.83. The number of nitrogens with zero attached hydrogens (tertiary/aromatic N) is 1. The molecule has 2 fully saturated rings. The highest BCUT2D eigenvalue weighted by molar-refractivity contribution is 7.80. The molecule has 1 saturated heterocycles. The number of rotatable bonds is 5. The monoisotopic (exact) mass is 461 g/mol. The fourth-order valence-electron chi connectivity index (χ4n) is 4.73. The third kappa shape index (κ3) is 3.67. The average Bonchev–Trinajstić information content (AvgIpc) is 3.43. The Hall–Kier alpha value is -2.59. The van der Waals surface area contributed by atoms with Gasteiger partial charge in [-0.05, 0) is 56.8 Å². The second-order valence-electron chi connectivity index (χ2n) is 7.97. The Kier molecular flexibility index (Phi) is 5.69. The topological polar surface area (TPSA) is 105 Å². The number of hydrogen-bond donors (Lipinski definition) is 2. The number of ether oxygens (including phenoxy) is 1. The maximum atomic E-state index is 12.7. The quantitative estimate of drug-likeness (QED) is 0.300. The maximum Gasteiger partial charge on any atom is 0.341 e. The van der Waals surface area contributed by atoms with E-state index in [0.717, 1.165) is 21.8 Å². The molecule has 164 valence electrons. The van der Waals surface area contributed by atoms with Gasteiger partial charge in [0, 0.05) is 4.88 Å². The highest BCUT2D eigenvalue weighted by atomic mass is 32.1. The Balaban J connectivity index is 1.39. The Bertz CT molecular complexity index is 1000. The van der Waals surface area contributed by atoms with Crippen LogP contribution in [-0.4, -0.2) is 46.9 Å². The number of carbonyl (C=O) groups is 4. The third-order valence-corrected chi connectivity index (χ3v) is 7.54. The van der Waals surface area contributed by atoms with Crippen molar-refractivity contribution in [3.63, 3.8) is 0 Å². The lowest BCUT2D eigenvalue weighted by atomic mass is 9.85. The molecule has 1 saturated carbocycles. The van der Waals surface area contributed by atoms with Gasteiger partial charge in [-0.2, -0.15) is 0 Å². The first kappa shape index (κ1) is 21.6. The van der Waals surface area contributed by atoms with E-state index in [2.05, 4.69) is 10.6 Å². The lowest BCUT2D eigenvalue weighted by Gasteiger charge is -2.17. The summed E-state index contributed by atoms with van der Waals surface area (Å²) < 4.78 is 5.11. The second kappa shape index (κ2) is 8.16. The Morgan fingerprint density at radius 1 is 1.19 bits per heavy atom. The van der Waals surface area contributed by atoms with Crippen LogP contribution < -0.4 is 10.6 Å². The molecule has 0 aromatic carbocycles. The molecule has 3 amide bonds. The van der Waals surface area contributed by atoms with Crippen LogP contribution in [-0.2, 0) is 19.1 Å². The van der Waals surface area contributed by atoms with Crippen LogP contribution in [0.3, 0.4) is 0 Å². The first-order valence-corrected chi connectivity index (χ1v) is 11.4. The maximum absolute atomic E-state index is 12.7. The van der Waals surface area contributed by atoms with Gasteiger partial charge in [0.15, 0.2) is 5.11 Å². The van der Waals surface area contributed by atoms with Crippen molar-refractivity contribution in [1.29, 1.82) is 0 Å². The highest BCUT2D eigenvalue weighted by Gasteiger charge is 2.59. The van der Waals surface area contributed by atoms with Gasteiger partial charge < -0.3 is 15.4 Å². The van der Waals surface area contributed by atoms with E-state index in [1.165, 1.54) is 11.3 Å². The van der Waals surface area contributed by atoms with Gasteiger partial charge in [-0.1, -0.05) is 12.2 Å². The number of aryl methyl sites for hydroxylation is 1. The number of thiocarbonyl (C=S) groups is 1. The molecule has 31 heavy (non-hydrogen) atoms. The SMILES string of the molecule is CCOC(=O)c1c(NC(=S)NC(=O)CN2C(=O)[C@@H]3[C@@H](C2=O)[C@H]2C=C[C@@H]3C2)sc(C)c1C. The van der Waals surface area contributed by atoms with Gasteiger partial charge in [0.2, 0.25) is 17.7 Å². The summed E-state index contributed by atoms with van der Waals surface area (Å²) in [6, 6.07) is 0. The van der Waals surface area contributed by atoms with Crippen LogP contribution in [0.5, 0.6) is 0 Å². The van der Waals surface area contributed by atoms with E-state index in [0.29, 0.717) is 10.6 Å². The van der Waals surface area contributed by atoms with Crippen molar-refractivity contribution in [2.24, 2.45) is 23.7 Å². The Morgan fingerprint density at radius 2 is 1.81 bits per heavy atom. The van der Waals surface area contributed by atoms with Crippen molar-refractivity contribution in [1.82, 2.24) is 10.2 Å². The van der Waals surface area contributed by atoms with E-state index in [-0.39, 0.29) is 53.8 Å². The first-order valence-electron chi connectivity index (χ1n) is 10.1. The van der Waals surface area contributed by atoms with Gasteiger partial charge in [-0.25, -0.2) is 4.79 Å². The molecule has 4 atom stereocenters. The standard InChI is InChI=1S/C21H23N3O5S2/c1-4-29-20(28)14-9(2)10(3)31-17(14)23-21(30)22-13(25)8-24-18(26)15-11-5-6-12(7-11)16(15)19(24)27/h5-6,11-12,15-16H,4,7-8H2,1-3H3,(H2,22,23,25,30)/t11-,12+,15-,16-/m0/s1. The fourth-order valence-corrected chi connectivity index (χ4v) is 6.06. The van der Waals surface area contributed by atoms with Gasteiger partial charge >= 0.3 is 5.97 Å². The minimum absolute atomic E-state index is 0.0159. The summed E-state index contributed by atoms with van der Waals surface area (Å²) in [7, 11) is 0. The number of imide groups is 1. The molecule has 1 aromatic heterocycles. The van der Waals surface area contributed by atoms with Gasteiger partial charge in [0.05, 0.1) is 24.0 Å². The van der Waals surface area contributed by atoms with Gasteiger partial charge in [-0.15, -0.1) is 11.3 Å². The molecular formula is C21H23N3O5S2. The minimum Gasteiger partial charge on any atom is -0.462 e. The molecule has 0 spiro atoms. The lowest BCUT2D eigenvalue weighted by molar-refractivity contribution is -0.144. The number of nitrogens with one attached hydrogen (secondary N) is 2. The number of carbonyl (C=O) groups excluding carboxylic acids is 4. The van der Waals surface area contributed by atoms with Crippen LogP contribution in [0.2, 0.25) is 0 Å². The number of hydrogen-bond acceptors (Lipinski definition) is 7. The second-order valence-corrected chi connectivity index (χ2v) is 9.61. The van der Waals surface area contributed by atoms with E-state index in [1.807, 2.05) is 26.0 Å². The van der Waals surface area contributed by atoms with Crippen LogP contribution in [0.4, 0.5) is 5.00 Å². The number of esters is 1. The zero-order valence-electron chi connectivity index (χ0n) is 17.4. The molecule has 1 aliphatic heterocycles. The van der Waals surface area contributed by atoms with E-state index in [1.54, 1.807) is 6.92 Å². The van der Waals surface area contributed by atoms with Crippen molar-refractivity contribution < 1.29 is 23.9 Å². The van der Waals surface area contributed by atoms with E-state index in [9.17, 15) is 19.2 Å². The fraction of sp³-hybridized carbons (Fsp3) is 0.476. The molecule has 4 rings (SSSR count). The van der Waals surface area contributed by atoms with Gasteiger partial charge in [0.1, 0.15) is 11.5 Å². The average molecular weight is 462 g/mol. The molecule has 2 aliphatic carbocycles. The van der Waals surface area contributed by atoms with Gasteiger partial charge in [0.25, 0.3) is 0 Å². The van der Waals surface area contributed by atoms with Crippen LogP contribution in [0.25, 0.3) is 0 Å². The van der Waals surface area contributed by atoms with Crippen LogP contribution >= 0.6 is 23.6 Å². The number of likely N-dealkylation sites (tertiary alicyclic amines) is 1. The van der Waals surface area contributed by atoms with Crippen molar-refractivity contribution in [2.75, 3.05) is 18.5 Å². The van der Waals surface area contributed by atoms with E-state index < -0.39 is 11.9 Å². The molecule has 0 unspecified atom stereocenters. The zero-order valence-corrected chi connectivity index (χ0v) is 19.0. The number of amides is 3. The summed E-state index contributed by atoms with van der Waals surface area (Å²) in [5.74, 6) is -2.10. The van der Waals surface area contributed by atoms with Crippen LogP contribution in [0, 0.1) is 37.5 Å². The molecule has 1 aromatic rings. The summed E-state index contributed by atoms with van der Waals surface area (Å²) in [6.07, 6.45) is 4.85. The number of anilines is 1. The summed E-state index contributed by atoms with van der Waals surface area (Å²) in [6.45, 7) is 5.28. The summed E-state index contributed by atoms with van der Waals surface area (Å²) >= 11 is 6.54.